The molecule has 0 saturated carbocycles. The summed E-state index contributed by atoms with van der Waals surface area (Å²) in [6.07, 6.45) is 6.00. The van der Waals surface area contributed by atoms with Crippen molar-refractivity contribution in [2.75, 3.05) is 19.0 Å². The predicted molar refractivity (Wildman–Crippen MR) is 83.3 cm³/mol. The molecule has 0 fully saturated rings. The molecule has 0 radical (unpaired) electrons. The normalized spacial score (nSPS) is 10.5. The smallest absolute Gasteiger partial charge is 0.127 e. The van der Waals surface area contributed by atoms with E-state index < -0.39 is 0 Å². The van der Waals surface area contributed by atoms with Crippen LogP contribution in [0.1, 0.15) is 0 Å². The Morgan fingerprint density at radius 3 is 2.05 bits per heavy atom. The van der Waals surface area contributed by atoms with Crippen molar-refractivity contribution in [3.8, 4) is 16.8 Å². The molecular weight excluding hydrogens is 246 g/mol. The third kappa shape index (κ3) is 2.43. The number of hydrogen-bond acceptors (Lipinski definition) is 2. The van der Waals surface area contributed by atoms with E-state index in [0.717, 1.165) is 17.1 Å². The lowest BCUT2D eigenvalue weighted by Gasteiger charge is -2.11. The van der Waals surface area contributed by atoms with Crippen molar-refractivity contribution >= 4 is 5.82 Å². The van der Waals surface area contributed by atoms with Gasteiger partial charge in [0.15, 0.2) is 0 Å². The molecule has 3 heteroatoms. The van der Waals surface area contributed by atoms with Gasteiger partial charge in [0.25, 0.3) is 0 Å². The molecule has 3 nitrogen and oxygen atoms in total. The highest BCUT2D eigenvalue weighted by molar-refractivity contribution is 5.65. The van der Waals surface area contributed by atoms with E-state index in [1.165, 1.54) is 5.56 Å². The molecule has 3 rings (SSSR count). The fourth-order valence-corrected chi connectivity index (χ4v) is 2.15. The van der Waals surface area contributed by atoms with Crippen LogP contribution in [0.15, 0.2) is 67.1 Å². The van der Waals surface area contributed by atoms with E-state index in [-0.39, 0.29) is 0 Å². The van der Waals surface area contributed by atoms with E-state index in [4.69, 9.17) is 0 Å². The van der Waals surface area contributed by atoms with E-state index in [1.807, 2.05) is 55.8 Å². The minimum atomic E-state index is 0.970. The average molecular weight is 263 g/mol. The predicted octanol–water partition coefficient (Wildman–Crippen LogP) is 3.61. The summed E-state index contributed by atoms with van der Waals surface area (Å²) in [5.41, 5.74) is 3.48. The Kier molecular flexibility index (Phi) is 3.25. The van der Waals surface area contributed by atoms with Crippen molar-refractivity contribution in [2.45, 2.75) is 0 Å². The Morgan fingerprint density at radius 2 is 1.50 bits per heavy atom. The Labute approximate surface area is 119 Å². The molecule has 2 aromatic heterocycles. The monoisotopic (exact) mass is 263 g/mol. The van der Waals surface area contributed by atoms with Crippen LogP contribution in [0.2, 0.25) is 0 Å². The molecule has 2 heterocycles. The van der Waals surface area contributed by atoms with Gasteiger partial charge in [-0.2, -0.15) is 0 Å². The summed E-state index contributed by atoms with van der Waals surface area (Å²) in [5.74, 6) is 0.970. The van der Waals surface area contributed by atoms with Gasteiger partial charge in [-0.05, 0) is 42.0 Å². The third-order valence-corrected chi connectivity index (χ3v) is 3.31. The summed E-state index contributed by atoms with van der Waals surface area (Å²) in [6.45, 7) is 0. The molecule has 1 aromatic carbocycles. The van der Waals surface area contributed by atoms with E-state index >= 15 is 0 Å². The lowest BCUT2D eigenvalue weighted by molar-refractivity contribution is 1.07. The average Bonchev–Trinajstić information content (AvgIpc) is 3.02. The first-order valence-electron chi connectivity index (χ1n) is 6.61. The number of rotatable bonds is 3. The van der Waals surface area contributed by atoms with E-state index in [0.29, 0.717) is 0 Å². The lowest BCUT2D eigenvalue weighted by Crippen LogP contribution is -2.09. The van der Waals surface area contributed by atoms with E-state index in [1.54, 1.807) is 0 Å². The third-order valence-electron chi connectivity index (χ3n) is 3.31. The zero-order valence-corrected chi connectivity index (χ0v) is 11.7. The number of nitrogens with zero attached hydrogens (tertiary/aromatic N) is 3. The molecule has 0 aliphatic heterocycles. The van der Waals surface area contributed by atoms with Crippen molar-refractivity contribution in [1.29, 1.82) is 0 Å². The van der Waals surface area contributed by atoms with Crippen LogP contribution in [0, 0.1) is 0 Å². The molecule has 0 atom stereocenters. The van der Waals surface area contributed by atoms with Crippen molar-refractivity contribution in [3.05, 3.63) is 67.1 Å². The number of aromatic nitrogens is 2. The second-order valence-corrected chi connectivity index (χ2v) is 4.94. The number of benzene rings is 1. The molecule has 0 aliphatic carbocycles. The number of anilines is 1. The zero-order valence-electron chi connectivity index (χ0n) is 11.7. The second-order valence-electron chi connectivity index (χ2n) is 4.94. The van der Waals surface area contributed by atoms with Gasteiger partial charge in [-0.15, -0.1) is 0 Å². The molecule has 0 saturated heterocycles. The summed E-state index contributed by atoms with van der Waals surface area (Å²) >= 11 is 0. The lowest BCUT2D eigenvalue weighted by atomic mass is 10.1. The Morgan fingerprint density at radius 1 is 0.850 bits per heavy atom. The van der Waals surface area contributed by atoms with Crippen molar-refractivity contribution in [3.63, 3.8) is 0 Å². The minimum Gasteiger partial charge on any atom is -0.363 e. The summed E-state index contributed by atoms with van der Waals surface area (Å²) in [4.78, 5) is 6.45. The second kappa shape index (κ2) is 5.21. The maximum absolute atomic E-state index is 4.45. The van der Waals surface area contributed by atoms with E-state index in [9.17, 15) is 0 Å². The van der Waals surface area contributed by atoms with E-state index in [2.05, 4.69) is 39.9 Å². The number of pyridine rings is 1. The first-order chi connectivity index (χ1) is 9.74. The van der Waals surface area contributed by atoms with Gasteiger partial charge in [-0.1, -0.05) is 12.1 Å². The van der Waals surface area contributed by atoms with Gasteiger partial charge in [0.1, 0.15) is 5.82 Å². The molecule has 20 heavy (non-hydrogen) atoms. The van der Waals surface area contributed by atoms with Gasteiger partial charge in [0.2, 0.25) is 0 Å². The Hall–Kier alpha value is -2.55. The molecule has 0 bridgehead atoms. The summed E-state index contributed by atoms with van der Waals surface area (Å²) in [5, 5.41) is 0. The van der Waals surface area contributed by atoms with Crippen LogP contribution in [0.5, 0.6) is 0 Å². The zero-order chi connectivity index (χ0) is 13.9. The highest BCUT2D eigenvalue weighted by Gasteiger charge is 2.01. The van der Waals surface area contributed by atoms with Crippen molar-refractivity contribution in [2.24, 2.45) is 0 Å². The van der Waals surface area contributed by atoms with Crippen LogP contribution in [-0.4, -0.2) is 23.6 Å². The summed E-state index contributed by atoms with van der Waals surface area (Å²) in [7, 11) is 3.99. The SMILES string of the molecule is CN(C)c1ccc(-c2ccc(-n3cccc3)cc2)cn1. The highest BCUT2D eigenvalue weighted by Crippen LogP contribution is 2.22. The van der Waals surface area contributed by atoms with Gasteiger partial charge in [-0.3, -0.25) is 0 Å². The molecule has 100 valence electrons. The van der Waals surface area contributed by atoms with Gasteiger partial charge in [-0.25, -0.2) is 4.98 Å². The molecule has 0 aliphatic rings. The van der Waals surface area contributed by atoms with Crippen molar-refractivity contribution < 1.29 is 0 Å². The topological polar surface area (TPSA) is 21.1 Å². The van der Waals surface area contributed by atoms with Crippen LogP contribution in [0.25, 0.3) is 16.8 Å². The Balaban J connectivity index is 1.87. The van der Waals surface area contributed by atoms with Crippen LogP contribution in [0.3, 0.4) is 0 Å². The maximum atomic E-state index is 4.45. The fourth-order valence-electron chi connectivity index (χ4n) is 2.15. The molecule has 0 spiro atoms. The van der Waals surface area contributed by atoms with Crippen LogP contribution in [0.4, 0.5) is 5.82 Å². The van der Waals surface area contributed by atoms with Gasteiger partial charge in [0, 0.05) is 43.9 Å². The highest BCUT2D eigenvalue weighted by atomic mass is 15.1. The Bertz CT molecular complexity index is 665. The first kappa shape index (κ1) is 12.5. The molecular formula is C17H17N3. The van der Waals surface area contributed by atoms with Crippen LogP contribution >= 0.6 is 0 Å². The van der Waals surface area contributed by atoms with Crippen LogP contribution in [-0.2, 0) is 0 Å². The number of hydrogen-bond donors (Lipinski definition) is 0. The first-order valence-corrected chi connectivity index (χ1v) is 6.61. The molecule has 0 amide bonds. The minimum absolute atomic E-state index is 0.970. The summed E-state index contributed by atoms with van der Waals surface area (Å²) < 4.78 is 2.09. The van der Waals surface area contributed by atoms with Gasteiger partial charge in [0.05, 0.1) is 0 Å². The van der Waals surface area contributed by atoms with Crippen molar-refractivity contribution in [1.82, 2.24) is 9.55 Å². The molecule has 0 N–H and O–H groups in total. The summed E-state index contributed by atoms with van der Waals surface area (Å²) in [6, 6.07) is 16.7. The van der Waals surface area contributed by atoms with Gasteiger partial charge < -0.3 is 9.47 Å². The largest absolute Gasteiger partial charge is 0.363 e. The molecule has 3 aromatic rings. The molecule has 0 unspecified atom stereocenters. The quantitative estimate of drug-likeness (QED) is 0.720. The fraction of sp³-hybridized carbons (Fsp3) is 0.118. The maximum Gasteiger partial charge on any atom is 0.127 e. The van der Waals surface area contributed by atoms with Gasteiger partial charge >= 0.3 is 0 Å². The van der Waals surface area contributed by atoms with Crippen LogP contribution < -0.4 is 4.90 Å². The standard InChI is InChI=1S/C17H17N3/c1-19(2)17-10-7-15(13-18-17)14-5-8-16(9-6-14)20-11-3-4-12-20/h3-13H,1-2H3.